The highest BCUT2D eigenvalue weighted by Gasteiger charge is 2.16. The Morgan fingerprint density at radius 3 is 2.85 bits per heavy atom. The molecule has 0 bridgehead atoms. The maximum atomic E-state index is 11.5. The van der Waals surface area contributed by atoms with Crippen LogP contribution in [0.2, 0.25) is 0 Å². The van der Waals surface area contributed by atoms with Crippen molar-refractivity contribution in [2.24, 2.45) is 0 Å². The zero-order chi connectivity index (χ0) is 18.3. The van der Waals surface area contributed by atoms with Gasteiger partial charge < -0.3 is 20.4 Å². The maximum Gasteiger partial charge on any atom is 0.305 e. The molecule has 0 fully saturated rings. The number of nitrogens with zero attached hydrogens (tertiary/aromatic N) is 2. The smallest absolute Gasteiger partial charge is 0.305 e. The molecule has 4 N–H and O–H groups in total. The van der Waals surface area contributed by atoms with Crippen LogP contribution in [-0.2, 0) is 12.8 Å². The van der Waals surface area contributed by atoms with Crippen molar-refractivity contribution in [3.8, 4) is 5.75 Å². The van der Waals surface area contributed by atoms with Gasteiger partial charge in [-0.3, -0.25) is 4.79 Å². The van der Waals surface area contributed by atoms with Gasteiger partial charge in [-0.2, -0.15) is 0 Å². The Balaban J connectivity index is 1.84. The van der Waals surface area contributed by atoms with Crippen LogP contribution in [0, 0.1) is 0 Å². The van der Waals surface area contributed by atoms with Crippen LogP contribution in [0.3, 0.4) is 0 Å². The lowest BCUT2D eigenvalue weighted by Crippen LogP contribution is -1.97. The third-order valence-electron chi connectivity index (χ3n) is 4.43. The van der Waals surface area contributed by atoms with Gasteiger partial charge in [0.25, 0.3) is 0 Å². The van der Waals surface area contributed by atoms with Crippen molar-refractivity contribution in [3.63, 3.8) is 0 Å². The van der Waals surface area contributed by atoms with Gasteiger partial charge >= 0.3 is 4.87 Å². The van der Waals surface area contributed by atoms with E-state index in [1.165, 1.54) is 17.6 Å². The normalized spacial score (nSPS) is 11.5. The van der Waals surface area contributed by atoms with Gasteiger partial charge in [-0.1, -0.05) is 31.6 Å². The Morgan fingerprint density at radius 2 is 2.08 bits per heavy atom. The van der Waals surface area contributed by atoms with Gasteiger partial charge in [0.05, 0.1) is 21.3 Å². The van der Waals surface area contributed by atoms with E-state index < -0.39 is 0 Å². The van der Waals surface area contributed by atoms with E-state index in [0.717, 1.165) is 46.3 Å². The minimum Gasteiger partial charge on any atom is -0.506 e. The Labute approximate surface area is 153 Å². The number of fused-ring (bicyclic) bond motifs is 2. The molecule has 4 aromatic rings. The first-order valence-corrected chi connectivity index (χ1v) is 9.39. The molecule has 0 radical (unpaired) electrons. The molecule has 0 aliphatic carbocycles. The monoisotopic (exact) mass is 369 g/mol. The van der Waals surface area contributed by atoms with Crippen LogP contribution in [0.5, 0.6) is 5.75 Å². The molecule has 3 aromatic heterocycles. The number of aromatic nitrogens is 4. The molecule has 0 unspecified atom stereocenters. The number of H-pyrrole nitrogens is 2. The van der Waals surface area contributed by atoms with Gasteiger partial charge in [-0.15, -0.1) is 0 Å². The van der Waals surface area contributed by atoms with Gasteiger partial charge in [0, 0.05) is 11.8 Å². The highest BCUT2D eigenvalue weighted by Crippen LogP contribution is 2.35. The lowest BCUT2D eigenvalue weighted by Gasteiger charge is -2.10. The zero-order valence-corrected chi connectivity index (χ0v) is 15.3. The van der Waals surface area contributed by atoms with Crippen molar-refractivity contribution in [2.75, 3.05) is 5.32 Å². The number of aromatic hydroxyl groups is 1. The summed E-state index contributed by atoms with van der Waals surface area (Å²) < 4.78 is 0.775. The largest absolute Gasteiger partial charge is 0.506 e. The molecule has 8 heteroatoms. The van der Waals surface area contributed by atoms with E-state index in [2.05, 4.69) is 39.1 Å². The van der Waals surface area contributed by atoms with Gasteiger partial charge in [0.15, 0.2) is 0 Å². The summed E-state index contributed by atoms with van der Waals surface area (Å²) in [4.78, 5) is 26.2. The average molecular weight is 369 g/mol. The summed E-state index contributed by atoms with van der Waals surface area (Å²) in [5.74, 6) is 0.698. The summed E-state index contributed by atoms with van der Waals surface area (Å²) in [6.45, 7) is 4.25. The number of nitrogens with one attached hydrogen (secondary N) is 3. The Bertz CT molecular complexity index is 1160. The fourth-order valence-corrected chi connectivity index (χ4v) is 4.05. The van der Waals surface area contributed by atoms with Crippen LogP contribution < -0.4 is 10.2 Å². The zero-order valence-electron chi connectivity index (χ0n) is 14.5. The van der Waals surface area contributed by atoms with Crippen molar-refractivity contribution in [1.29, 1.82) is 0 Å². The van der Waals surface area contributed by atoms with Crippen LogP contribution >= 0.6 is 11.3 Å². The fraction of sp³-hybridized carbons (Fsp3) is 0.278. The molecule has 0 amide bonds. The minimum absolute atomic E-state index is 0.0562. The van der Waals surface area contributed by atoms with Gasteiger partial charge in [-0.25, -0.2) is 9.97 Å². The summed E-state index contributed by atoms with van der Waals surface area (Å²) in [7, 11) is 0. The molecule has 0 aliphatic heterocycles. The molecular formula is C18H19N5O2S. The Hall–Kier alpha value is -2.87. The third-order valence-corrected chi connectivity index (χ3v) is 5.27. The number of phenols is 1. The number of hydrogen-bond donors (Lipinski definition) is 4. The molecule has 1 aromatic carbocycles. The first kappa shape index (κ1) is 16.6. The van der Waals surface area contributed by atoms with E-state index in [1.54, 1.807) is 12.1 Å². The van der Waals surface area contributed by atoms with E-state index in [9.17, 15) is 9.90 Å². The summed E-state index contributed by atoms with van der Waals surface area (Å²) in [6.07, 6.45) is 4.36. The quantitative estimate of drug-likeness (QED) is 0.400. The molecule has 26 heavy (non-hydrogen) atoms. The summed E-state index contributed by atoms with van der Waals surface area (Å²) in [5.41, 5.74) is 4.29. The average Bonchev–Trinajstić information content (AvgIpc) is 3.14. The molecule has 0 spiro atoms. The first-order valence-electron chi connectivity index (χ1n) is 8.58. The van der Waals surface area contributed by atoms with Crippen molar-refractivity contribution in [3.05, 3.63) is 39.4 Å². The number of benzene rings is 1. The number of anilines is 2. The number of aryl methyl sites for hydroxylation is 2. The molecular weight excluding hydrogens is 350 g/mol. The molecule has 134 valence electrons. The van der Waals surface area contributed by atoms with Crippen LogP contribution in [0.1, 0.15) is 31.5 Å². The van der Waals surface area contributed by atoms with Crippen LogP contribution in [0.4, 0.5) is 11.5 Å². The van der Waals surface area contributed by atoms with Crippen molar-refractivity contribution in [1.82, 2.24) is 19.9 Å². The second kappa shape index (κ2) is 6.45. The number of thiazole rings is 1. The molecule has 3 heterocycles. The SMILES string of the molecule is CCCc1[nH]c2ncnc(Nc3cc4sc(=O)[nH]c4cc3O)c2c1CC. The molecule has 4 rings (SSSR count). The topological polar surface area (TPSA) is 107 Å². The van der Waals surface area contributed by atoms with Gasteiger partial charge in [0.1, 0.15) is 23.5 Å². The van der Waals surface area contributed by atoms with Gasteiger partial charge in [-0.05, 0) is 24.5 Å². The Kier molecular flexibility index (Phi) is 4.12. The fourth-order valence-electron chi connectivity index (χ4n) is 3.30. The summed E-state index contributed by atoms with van der Waals surface area (Å²) >= 11 is 1.11. The molecule has 0 saturated heterocycles. The van der Waals surface area contributed by atoms with E-state index in [4.69, 9.17) is 0 Å². The van der Waals surface area contributed by atoms with Crippen LogP contribution in [0.25, 0.3) is 21.3 Å². The number of phenolic OH excluding ortho intramolecular Hbond substituents is 1. The predicted octanol–water partition coefficient (Wildman–Crippen LogP) is 3.83. The van der Waals surface area contributed by atoms with E-state index in [1.807, 2.05) is 0 Å². The number of hydrogen-bond acceptors (Lipinski definition) is 6. The van der Waals surface area contributed by atoms with E-state index >= 15 is 0 Å². The summed E-state index contributed by atoms with van der Waals surface area (Å²) in [6, 6.07) is 3.31. The predicted molar refractivity (Wildman–Crippen MR) is 105 cm³/mol. The lowest BCUT2D eigenvalue weighted by molar-refractivity contribution is 0.478. The third kappa shape index (κ3) is 2.72. The highest BCUT2D eigenvalue weighted by atomic mass is 32.1. The second-order valence-electron chi connectivity index (χ2n) is 6.14. The van der Waals surface area contributed by atoms with Crippen molar-refractivity contribution in [2.45, 2.75) is 33.1 Å². The molecule has 0 atom stereocenters. The van der Waals surface area contributed by atoms with Crippen molar-refractivity contribution < 1.29 is 5.11 Å². The van der Waals surface area contributed by atoms with Crippen molar-refractivity contribution >= 4 is 44.1 Å². The molecule has 0 saturated carbocycles. The molecule has 0 aliphatic rings. The lowest BCUT2D eigenvalue weighted by atomic mass is 10.1. The highest BCUT2D eigenvalue weighted by molar-refractivity contribution is 7.16. The maximum absolute atomic E-state index is 11.5. The number of rotatable bonds is 5. The van der Waals surface area contributed by atoms with E-state index in [-0.39, 0.29) is 10.6 Å². The van der Waals surface area contributed by atoms with Crippen LogP contribution in [0.15, 0.2) is 23.3 Å². The summed E-state index contributed by atoms with van der Waals surface area (Å²) in [5, 5.41) is 14.5. The second-order valence-corrected chi connectivity index (χ2v) is 7.15. The standard InChI is InChI=1S/C18H19N5O2S/c1-3-5-10-9(4-2)15-16(21-10)19-8-20-17(15)22-11-7-14-12(6-13(11)24)23-18(25)26-14/h6-8,24H,3-5H2,1-2H3,(H,23,25)(H2,19,20,21,22). The minimum atomic E-state index is -0.149. The Morgan fingerprint density at radius 1 is 1.23 bits per heavy atom. The first-order chi connectivity index (χ1) is 12.6. The number of aromatic amines is 2. The van der Waals surface area contributed by atoms with Crippen LogP contribution in [-0.4, -0.2) is 25.0 Å². The van der Waals surface area contributed by atoms with E-state index in [0.29, 0.717) is 17.0 Å². The molecule has 7 nitrogen and oxygen atoms in total. The van der Waals surface area contributed by atoms with Gasteiger partial charge in [0.2, 0.25) is 0 Å².